The lowest BCUT2D eigenvalue weighted by Gasteiger charge is -2.39. The molecule has 0 saturated heterocycles. The number of nitrogens with two attached hydrogens (primary N) is 1. The van der Waals surface area contributed by atoms with Crippen LogP contribution in [0.1, 0.15) is 70.0 Å². The van der Waals surface area contributed by atoms with Gasteiger partial charge in [-0.15, -0.1) is 0 Å². The van der Waals surface area contributed by atoms with Gasteiger partial charge in [0.1, 0.15) is 5.60 Å². The predicted molar refractivity (Wildman–Crippen MR) is 79.7 cm³/mol. The first-order valence-corrected chi connectivity index (χ1v) is 8.39. The highest BCUT2D eigenvalue weighted by molar-refractivity contribution is 5.05. The van der Waals surface area contributed by atoms with Crippen LogP contribution in [0.15, 0.2) is 4.52 Å². The predicted octanol–water partition coefficient (Wildman–Crippen LogP) is 2.94. The third-order valence-electron chi connectivity index (χ3n) is 5.33. The van der Waals surface area contributed by atoms with Crippen molar-refractivity contribution in [2.45, 2.75) is 70.3 Å². The van der Waals surface area contributed by atoms with E-state index in [0.29, 0.717) is 13.2 Å². The molecule has 1 aromatic heterocycles. The largest absolute Gasteiger partial charge is 0.367 e. The molecule has 2 N–H and O–H groups in total. The summed E-state index contributed by atoms with van der Waals surface area (Å²) in [6, 6.07) is 0. The molecular formula is C16H27N3O2. The Morgan fingerprint density at radius 2 is 1.90 bits per heavy atom. The van der Waals surface area contributed by atoms with Crippen molar-refractivity contribution in [2.75, 3.05) is 13.2 Å². The highest BCUT2D eigenvalue weighted by atomic mass is 16.5. The van der Waals surface area contributed by atoms with Crippen LogP contribution in [0.25, 0.3) is 0 Å². The summed E-state index contributed by atoms with van der Waals surface area (Å²) in [5.74, 6) is 1.49. The van der Waals surface area contributed by atoms with E-state index in [1.807, 2.05) is 6.92 Å². The fourth-order valence-corrected chi connectivity index (χ4v) is 3.79. The van der Waals surface area contributed by atoms with Gasteiger partial charge in [0, 0.05) is 13.0 Å². The molecule has 2 aliphatic carbocycles. The van der Waals surface area contributed by atoms with Gasteiger partial charge in [0.2, 0.25) is 11.7 Å². The van der Waals surface area contributed by atoms with Gasteiger partial charge in [-0.3, -0.25) is 0 Å². The Morgan fingerprint density at radius 1 is 1.14 bits per heavy atom. The second kappa shape index (κ2) is 6.05. The molecule has 1 heterocycles. The molecule has 21 heavy (non-hydrogen) atoms. The molecule has 0 aliphatic heterocycles. The molecule has 1 aromatic rings. The van der Waals surface area contributed by atoms with Crippen LogP contribution in [-0.4, -0.2) is 23.3 Å². The maximum absolute atomic E-state index is 6.06. The van der Waals surface area contributed by atoms with E-state index in [9.17, 15) is 0 Å². The number of rotatable bonds is 6. The second-order valence-corrected chi connectivity index (χ2v) is 6.73. The van der Waals surface area contributed by atoms with E-state index in [1.165, 1.54) is 38.5 Å². The molecule has 0 aromatic carbocycles. The summed E-state index contributed by atoms with van der Waals surface area (Å²) >= 11 is 0. The molecule has 2 fully saturated rings. The lowest BCUT2D eigenvalue weighted by atomic mass is 9.67. The number of nitrogens with zero attached hydrogens (tertiary/aromatic N) is 2. The van der Waals surface area contributed by atoms with Gasteiger partial charge in [-0.2, -0.15) is 4.98 Å². The molecule has 2 saturated carbocycles. The zero-order valence-electron chi connectivity index (χ0n) is 13.1. The SMILES string of the molecule is CCOC1(c2noc(CC3(CN)CCC3)n2)CCCCC1. The average molecular weight is 293 g/mol. The van der Waals surface area contributed by atoms with Crippen LogP contribution >= 0.6 is 0 Å². The molecule has 0 bridgehead atoms. The van der Waals surface area contributed by atoms with Gasteiger partial charge in [-0.25, -0.2) is 0 Å². The van der Waals surface area contributed by atoms with Crippen LogP contribution in [0.5, 0.6) is 0 Å². The Morgan fingerprint density at radius 3 is 2.48 bits per heavy atom. The highest BCUT2D eigenvalue weighted by Crippen LogP contribution is 2.43. The fourth-order valence-electron chi connectivity index (χ4n) is 3.79. The summed E-state index contributed by atoms with van der Waals surface area (Å²) < 4.78 is 11.6. The zero-order chi connectivity index (χ0) is 14.8. The summed E-state index contributed by atoms with van der Waals surface area (Å²) in [6.07, 6.45) is 10.1. The van der Waals surface area contributed by atoms with E-state index in [2.05, 4.69) is 10.1 Å². The van der Waals surface area contributed by atoms with Crippen molar-refractivity contribution >= 4 is 0 Å². The third-order valence-corrected chi connectivity index (χ3v) is 5.33. The van der Waals surface area contributed by atoms with E-state index < -0.39 is 0 Å². The fraction of sp³-hybridized carbons (Fsp3) is 0.875. The Hall–Kier alpha value is -0.940. The number of aromatic nitrogens is 2. The number of hydrogen-bond donors (Lipinski definition) is 1. The van der Waals surface area contributed by atoms with E-state index >= 15 is 0 Å². The highest BCUT2D eigenvalue weighted by Gasteiger charge is 2.41. The molecule has 0 spiro atoms. The van der Waals surface area contributed by atoms with E-state index in [-0.39, 0.29) is 11.0 Å². The van der Waals surface area contributed by atoms with Crippen LogP contribution < -0.4 is 5.73 Å². The van der Waals surface area contributed by atoms with Gasteiger partial charge in [0.05, 0.1) is 0 Å². The van der Waals surface area contributed by atoms with Gasteiger partial charge in [0.15, 0.2) is 0 Å². The lowest BCUT2D eigenvalue weighted by Crippen LogP contribution is -2.39. The summed E-state index contributed by atoms with van der Waals surface area (Å²) in [7, 11) is 0. The summed E-state index contributed by atoms with van der Waals surface area (Å²) in [6.45, 7) is 3.44. The monoisotopic (exact) mass is 293 g/mol. The molecule has 3 rings (SSSR count). The van der Waals surface area contributed by atoms with Gasteiger partial charge in [-0.1, -0.05) is 30.8 Å². The van der Waals surface area contributed by atoms with Crippen molar-refractivity contribution in [3.63, 3.8) is 0 Å². The zero-order valence-corrected chi connectivity index (χ0v) is 13.1. The van der Waals surface area contributed by atoms with Crippen LogP contribution in [-0.2, 0) is 16.8 Å². The second-order valence-electron chi connectivity index (χ2n) is 6.73. The average Bonchev–Trinajstić information content (AvgIpc) is 2.93. The number of ether oxygens (including phenoxy) is 1. The maximum atomic E-state index is 6.06. The van der Waals surface area contributed by atoms with Crippen molar-refractivity contribution in [1.29, 1.82) is 0 Å². The standard InChI is InChI=1S/C16H27N3O2/c1-2-20-16(9-4-3-5-10-16)14-18-13(21-19-14)11-15(12-17)7-6-8-15/h2-12,17H2,1H3. The first kappa shape index (κ1) is 15.0. The maximum Gasteiger partial charge on any atom is 0.227 e. The first-order chi connectivity index (χ1) is 10.2. The van der Waals surface area contributed by atoms with E-state index in [0.717, 1.165) is 31.0 Å². The molecule has 118 valence electrons. The van der Waals surface area contributed by atoms with E-state index in [1.54, 1.807) is 0 Å². The molecule has 5 heteroatoms. The minimum absolute atomic E-state index is 0.204. The number of hydrogen-bond acceptors (Lipinski definition) is 5. The minimum Gasteiger partial charge on any atom is -0.367 e. The summed E-state index contributed by atoms with van der Waals surface area (Å²) in [5.41, 5.74) is 5.81. The lowest BCUT2D eigenvalue weighted by molar-refractivity contribution is -0.0777. The normalized spacial score (nSPS) is 23.7. The van der Waals surface area contributed by atoms with Crippen molar-refractivity contribution in [2.24, 2.45) is 11.1 Å². The molecule has 5 nitrogen and oxygen atoms in total. The van der Waals surface area contributed by atoms with Gasteiger partial charge in [-0.05, 0) is 44.6 Å². The Kier molecular flexibility index (Phi) is 4.31. The van der Waals surface area contributed by atoms with Crippen molar-refractivity contribution in [3.05, 3.63) is 11.7 Å². The van der Waals surface area contributed by atoms with Gasteiger partial charge >= 0.3 is 0 Å². The van der Waals surface area contributed by atoms with Crippen LogP contribution in [0.4, 0.5) is 0 Å². The Labute approximate surface area is 126 Å². The Balaban J connectivity index is 1.76. The summed E-state index contributed by atoms with van der Waals surface area (Å²) in [5, 5.41) is 4.26. The van der Waals surface area contributed by atoms with Crippen LogP contribution in [0.2, 0.25) is 0 Å². The quantitative estimate of drug-likeness (QED) is 0.873. The van der Waals surface area contributed by atoms with Gasteiger partial charge < -0.3 is 15.0 Å². The molecule has 0 unspecified atom stereocenters. The molecular weight excluding hydrogens is 266 g/mol. The molecule has 0 radical (unpaired) electrons. The molecule has 0 atom stereocenters. The summed E-state index contributed by atoms with van der Waals surface area (Å²) in [4.78, 5) is 4.68. The van der Waals surface area contributed by atoms with Crippen molar-refractivity contribution < 1.29 is 9.26 Å². The van der Waals surface area contributed by atoms with Crippen LogP contribution in [0, 0.1) is 5.41 Å². The van der Waals surface area contributed by atoms with E-state index in [4.69, 9.17) is 15.0 Å². The van der Waals surface area contributed by atoms with Crippen molar-refractivity contribution in [3.8, 4) is 0 Å². The third kappa shape index (κ3) is 2.86. The first-order valence-electron chi connectivity index (χ1n) is 8.39. The molecule has 0 amide bonds. The smallest absolute Gasteiger partial charge is 0.227 e. The minimum atomic E-state index is -0.315. The Bertz CT molecular complexity index is 451. The topological polar surface area (TPSA) is 74.2 Å². The van der Waals surface area contributed by atoms with Crippen molar-refractivity contribution in [1.82, 2.24) is 10.1 Å². The van der Waals surface area contributed by atoms with Crippen LogP contribution in [0.3, 0.4) is 0 Å². The molecule has 2 aliphatic rings. The van der Waals surface area contributed by atoms with Gasteiger partial charge in [0.25, 0.3) is 0 Å².